The van der Waals surface area contributed by atoms with Crippen molar-refractivity contribution in [2.75, 3.05) is 26.4 Å². The number of hydrogen-bond acceptors (Lipinski definition) is 6. The number of fused-ring (bicyclic) bond motifs is 2. The Hall–Kier alpha value is -0.256. The predicted molar refractivity (Wildman–Crippen MR) is 179 cm³/mol. The number of carbonyl (C=O) groups is 1. The van der Waals surface area contributed by atoms with E-state index in [-0.39, 0.29) is 38.9 Å². The van der Waals surface area contributed by atoms with Gasteiger partial charge in [0.25, 0.3) is 0 Å². The van der Waals surface area contributed by atoms with Crippen molar-refractivity contribution in [2.45, 2.75) is 155 Å². The van der Waals surface area contributed by atoms with Crippen molar-refractivity contribution in [1.82, 2.24) is 0 Å². The molecule has 1 saturated heterocycles. The van der Waals surface area contributed by atoms with Crippen LogP contribution in [-0.2, 0) is 27.9 Å². The molecule has 0 aromatic carbocycles. The third-order valence-electron chi connectivity index (χ3n) is 13.8. The molecule has 0 N–H and O–H groups in total. The van der Waals surface area contributed by atoms with Gasteiger partial charge in [-0.3, -0.25) is 4.79 Å². The second-order valence-electron chi connectivity index (χ2n) is 18.2. The summed E-state index contributed by atoms with van der Waals surface area (Å²) in [5, 5.41) is 0.353. The molecule has 3 saturated carbocycles. The van der Waals surface area contributed by atoms with Crippen molar-refractivity contribution in [2.24, 2.45) is 34.5 Å². The van der Waals surface area contributed by atoms with Gasteiger partial charge >= 0.3 is 5.97 Å². The number of hydrogen-bond donors (Lipinski definition) is 0. The number of rotatable bonds is 8. The standard InChI is InChI=1S/C35H66O6Si2/c1-25(36)37-24-28-29(15-18-34(9)30(28)16-19-35(34)38-20-21-39-35)33(8)17-14-27(41-43(12,13)32(5,6)7)22-26(33)23-40-42(10,11)31(2,3)4/h26-30H,14-24H2,1-13H3/t26-,27?,28-,29+,30+,33+,34+/m1/s1. The third-order valence-corrected chi connectivity index (χ3v) is 22.8. The zero-order chi connectivity index (χ0) is 32.3. The molecule has 3 aliphatic carbocycles. The van der Waals surface area contributed by atoms with Gasteiger partial charge in [-0.1, -0.05) is 55.4 Å². The largest absolute Gasteiger partial charge is 0.466 e. The Morgan fingerprint density at radius 3 is 1.95 bits per heavy atom. The van der Waals surface area contributed by atoms with Crippen molar-refractivity contribution in [3.05, 3.63) is 0 Å². The van der Waals surface area contributed by atoms with E-state index < -0.39 is 22.4 Å². The van der Waals surface area contributed by atoms with Crippen molar-refractivity contribution < 1.29 is 27.9 Å². The van der Waals surface area contributed by atoms with E-state index in [1.54, 1.807) is 6.92 Å². The van der Waals surface area contributed by atoms with Crippen molar-refractivity contribution in [3.63, 3.8) is 0 Å². The topological polar surface area (TPSA) is 63.2 Å². The second kappa shape index (κ2) is 12.1. The molecular formula is C35H66O6Si2. The molecule has 0 amide bonds. The first-order valence-corrected chi connectivity index (χ1v) is 23.1. The van der Waals surface area contributed by atoms with Crippen LogP contribution in [0.5, 0.6) is 0 Å². The molecule has 43 heavy (non-hydrogen) atoms. The fraction of sp³-hybridized carbons (Fsp3) is 0.971. The molecule has 0 aromatic heterocycles. The Bertz CT molecular complexity index is 993. The molecule has 7 atom stereocenters. The fourth-order valence-electron chi connectivity index (χ4n) is 8.79. The first-order chi connectivity index (χ1) is 19.6. The van der Waals surface area contributed by atoms with Gasteiger partial charge in [0.15, 0.2) is 22.4 Å². The summed E-state index contributed by atoms with van der Waals surface area (Å²) in [6.07, 6.45) is 7.74. The smallest absolute Gasteiger partial charge is 0.302 e. The van der Waals surface area contributed by atoms with Crippen LogP contribution in [0, 0.1) is 34.5 Å². The monoisotopic (exact) mass is 638 g/mol. The highest BCUT2D eigenvalue weighted by molar-refractivity contribution is 6.74. The maximum Gasteiger partial charge on any atom is 0.302 e. The lowest BCUT2D eigenvalue weighted by Crippen LogP contribution is -2.57. The molecule has 4 fully saturated rings. The Morgan fingerprint density at radius 2 is 1.40 bits per heavy atom. The molecule has 0 radical (unpaired) electrons. The summed E-state index contributed by atoms with van der Waals surface area (Å²) in [4.78, 5) is 12.2. The van der Waals surface area contributed by atoms with Gasteiger partial charge in [-0.2, -0.15) is 0 Å². The summed E-state index contributed by atoms with van der Waals surface area (Å²) in [5.74, 6) is 0.882. The first kappa shape index (κ1) is 35.6. The van der Waals surface area contributed by atoms with E-state index in [9.17, 15) is 4.79 Å². The van der Waals surface area contributed by atoms with E-state index in [0.717, 1.165) is 51.6 Å². The summed E-state index contributed by atoms with van der Waals surface area (Å²) >= 11 is 0. The summed E-state index contributed by atoms with van der Waals surface area (Å²) < 4.78 is 32.9. The molecule has 1 heterocycles. The Balaban J connectivity index is 1.66. The van der Waals surface area contributed by atoms with Gasteiger partial charge in [0.2, 0.25) is 0 Å². The summed E-state index contributed by atoms with van der Waals surface area (Å²) in [5.41, 5.74) is 0.0197. The van der Waals surface area contributed by atoms with Crippen molar-refractivity contribution in [1.29, 1.82) is 0 Å². The number of ether oxygens (including phenoxy) is 3. The number of carbonyl (C=O) groups excluding carboxylic acids is 1. The lowest BCUT2D eigenvalue weighted by Gasteiger charge is -2.58. The van der Waals surface area contributed by atoms with Crippen LogP contribution in [0.3, 0.4) is 0 Å². The molecule has 6 nitrogen and oxygen atoms in total. The molecule has 4 rings (SSSR count). The molecule has 0 aromatic rings. The Morgan fingerprint density at radius 1 is 0.814 bits per heavy atom. The normalized spacial score (nSPS) is 37.0. The van der Waals surface area contributed by atoms with E-state index in [0.29, 0.717) is 37.6 Å². The average Bonchev–Trinajstić information content (AvgIpc) is 3.47. The van der Waals surface area contributed by atoms with Gasteiger partial charge in [-0.15, -0.1) is 0 Å². The van der Waals surface area contributed by atoms with Gasteiger partial charge in [0, 0.05) is 31.5 Å². The van der Waals surface area contributed by atoms with Crippen LogP contribution in [0.15, 0.2) is 0 Å². The van der Waals surface area contributed by atoms with Gasteiger partial charge in [0.1, 0.15) is 0 Å². The molecule has 1 aliphatic heterocycles. The molecule has 1 unspecified atom stereocenters. The van der Waals surface area contributed by atoms with Crippen LogP contribution in [0.2, 0.25) is 36.3 Å². The second-order valence-corrected chi connectivity index (χ2v) is 27.7. The maximum atomic E-state index is 12.2. The van der Waals surface area contributed by atoms with E-state index in [2.05, 4.69) is 81.6 Å². The SMILES string of the molecule is CC(=O)OC[C@@H]1[C@@H]([C@@]2(C)CCC(O[Si](C)(C)C(C)(C)C)C[C@@H]2CO[Si](C)(C)C(C)(C)C)CC[C@@]2(C)[C@H]1CCC21OCCO1. The fourth-order valence-corrected chi connectivity index (χ4v) is 11.2. The van der Waals surface area contributed by atoms with Crippen LogP contribution in [0.1, 0.15) is 107 Å². The highest BCUT2D eigenvalue weighted by Crippen LogP contribution is 2.67. The zero-order valence-electron chi connectivity index (χ0n) is 30.1. The minimum absolute atomic E-state index is 0.0586. The van der Waals surface area contributed by atoms with Crippen LogP contribution < -0.4 is 0 Å². The van der Waals surface area contributed by atoms with E-state index in [4.69, 9.17) is 23.1 Å². The highest BCUT2D eigenvalue weighted by Gasteiger charge is 2.67. The lowest BCUT2D eigenvalue weighted by atomic mass is 9.49. The van der Waals surface area contributed by atoms with Gasteiger partial charge in [-0.05, 0) is 104 Å². The van der Waals surface area contributed by atoms with Crippen LogP contribution in [0.25, 0.3) is 0 Å². The van der Waals surface area contributed by atoms with Crippen molar-refractivity contribution in [3.8, 4) is 0 Å². The average molecular weight is 639 g/mol. The van der Waals surface area contributed by atoms with Crippen LogP contribution >= 0.6 is 0 Å². The van der Waals surface area contributed by atoms with E-state index in [1.807, 2.05) is 0 Å². The highest BCUT2D eigenvalue weighted by atomic mass is 28.4. The van der Waals surface area contributed by atoms with E-state index in [1.165, 1.54) is 0 Å². The molecule has 0 bridgehead atoms. The number of esters is 1. The first-order valence-electron chi connectivity index (χ1n) is 17.3. The minimum atomic E-state index is -1.94. The minimum Gasteiger partial charge on any atom is -0.466 e. The third kappa shape index (κ3) is 6.63. The van der Waals surface area contributed by atoms with Crippen molar-refractivity contribution >= 4 is 22.6 Å². The van der Waals surface area contributed by atoms with E-state index >= 15 is 0 Å². The van der Waals surface area contributed by atoms with Crippen LogP contribution in [-0.4, -0.2) is 60.9 Å². The zero-order valence-corrected chi connectivity index (χ0v) is 32.1. The maximum absolute atomic E-state index is 12.2. The molecule has 8 heteroatoms. The summed E-state index contributed by atoms with van der Waals surface area (Å²) in [7, 11) is -3.84. The molecule has 4 aliphatic rings. The molecule has 1 spiro atoms. The van der Waals surface area contributed by atoms with Crippen LogP contribution in [0.4, 0.5) is 0 Å². The predicted octanol–water partition coefficient (Wildman–Crippen LogP) is 8.95. The molecule has 250 valence electrons. The quantitative estimate of drug-likeness (QED) is 0.195. The van der Waals surface area contributed by atoms with Gasteiger partial charge in [0.05, 0.1) is 19.8 Å². The van der Waals surface area contributed by atoms with Gasteiger partial charge < -0.3 is 23.1 Å². The summed E-state index contributed by atoms with van der Waals surface area (Å²) in [6, 6.07) is 0. The Kier molecular flexibility index (Phi) is 10.00. The molecular weight excluding hydrogens is 573 g/mol. The van der Waals surface area contributed by atoms with Gasteiger partial charge in [-0.25, -0.2) is 0 Å². The lowest BCUT2D eigenvalue weighted by molar-refractivity contribution is -0.246. The summed E-state index contributed by atoms with van der Waals surface area (Å²) in [6.45, 7) is 32.7. The Labute approximate surface area is 266 Å².